The number of ether oxygens (including phenoxy) is 1. The van der Waals surface area contributed by atoms with Crippen LogP contribution in [-0.2, 0) is 4.79 Å². The molecule has 1 aromatic heterocycles. The average Bonchev–Trinajstić information content (AvgIpc) is 2.95. The van der Waals surface area contributed by atoms with Crippen molar-refractivity contribution in [2.24, 2.45) is 5.92 Å². The first-order valence-electron chi connectivity index (χ1n) is 7.49. The van der Waals surface area contributed by atoms with Crippen LogP contribution in [0.2, 0.25) is 0 Å². The normalized spacial score (nSPS) is 12.2. The summed E-state index contributed by atoms with van der Waals surface area (Å²) in [4.78, 5) is 13.3. The molecule has 22 heavy (non-hydrogen) atoms. The second kappa shape index (κ2) is 7.45. The van der Waals surface area contributed by atoms with E-state index in [0.29, 0.717) is 5.92 Å². The predicted molar refractivity (Wildman–Crippen MR) is 91.5 cm³/mol. The third-order valence-corrected chi connectivity index (χ3v) is 4.35. The fourth-order valence-corrected chi connectivity index (χ4v) is 3.36. The fraction of sp³-hybridized carbons (Fsp3) is 0.389. The summed E-state index contributed by atoms with van der Waals surface area (Å²) in [7, 11) is 0. The number of amides is 1. The van der Waals surface area contributed by atoms with Gasteiger partial charge in [-0.3, -0.25) is 4.79 Å². The van der Waals surface area contributed by atoms with Crippen molar-refractivity contribution in [3.05, 3.63) is 51.7 Å². The van der Waals surface area contributed by atoms with Gasteiger partial charge >= 0.3 is 0 Å². The molecule has 0 aliphatic rings. The summed E-state index contributed by atoms with van der Waals surface area (Å²) < 4.78 is 5.62. The third kappa shape index (κ3) is 4.60. The molecule has 1 atom stereocenters. The van der Waals surface area contributed by atoms with Crippen molar-refractivity contribution in [1.82, 2.24) is 5.32 Å². The molecule has 3 nitrogen and oxygen atoms in total. The van der Waals surface area contributed by atoms with Crippen LogP contribution >= 0.6 is 11.3 Å². The highest BCUT2D eigenvalue weighted by molar-refractivity contribution is 7.10. The Bertz CT molecular complexity index is 600. The van der Waals surface area contributed by atoms with Crippen LogP contribution in [0.5, 0.6) is 5.75 Å². The number of hydrogen-bond acceptors (Lipinski definition) is 3. The van der Waals surface area contributed by atoms with E-state index < -0.39 is 0 Å². The molecular formula is C18H23NO2S. The molecule has 0 bridgehead atoms. The molecule has 0 saturated heterocycles. The van der Waals surface area contributed by atoms with Crippen LogP contribution in [-0.4, -0.2) is 12.5 Å². The monoisotopic (exact) mass is 317 g/mol. The summed E-state index contributed by atoms with van der Waals surface area (Å²) in [5, 5.41) is 5.10. The molecule has 4 heteroatoms. The van der Waals surface area contributed by atoms with Gasteiger partial charge in [-0.2, -0.15) is 0 Å². The third-order valence-electron chi connectivity index (χ3n) is 3.40. The molecule has 0 aliphatic heterocycles. The molecule has 1 amide bonds. The highest BCUT2D eigenvalue weighted by Gasteiger charge is 2.19. The predicted octanol–water partition coefficient (Wildman–Crippen LogP) is 4.26. The molecule has 118 valence electrons. The standard InChI is InChI=1S/C18H23NO2S/c1-12(2)18(16-6-5-7-22-16)19-17(20)11-21-15-9-13(3)8-14(4)10-15/h5-10,12,18H,11H2,1-4H3,(H,19,20)/t18-/m0/s1. The Morgan fingerprint density at radius 3 is 2.45 bits per heavy atom. The number of carbonyl (C=O) groups excluding carboxylic acids is 1. The van der Waals surface area contributed by atoms with Gasteiger partial charge in [-0.1, -0.05) is 26.0 Å². The molecule has 0 aliphatic carbocycles. The van der Waals surface area contributed by atoms with Gasteiger partial charge < -0.3 is 10.1 Å². The van der Waals surface area contributed by atoms with E-state index in [1.54, 1.807) is 11.3 Å². The second-order valence-corrected chi connectivity index (χ2v) is 6.90. The van der Waals surface area contributed by atoms with Gasteiger partial charge in [0.15, 0.2) is 6.61 Å². The molecule has 0 spiro atoms. The molecule has 2 rings (SSSR count). The van der Waals surface area contributed by atoms with E-state index in [1.807, 2.05) is 37.4 Å². The van der Waals surface area contributed by atoms with Crippen LogP contribution in [0.15, 0.2) is 35.7 Å². The summed E-state index contributed by atoms with van der Waals surface area (Å²) in [5.41, 5.74) is 2.27. The van der Waals surface area contributed by atoms with Crippen molar-refractivity contribution in [2.45, 2.75) is 33.7 Å². The van der Waals surface area contributed by atoms with Crippen LogP contribution in [0, 0.1) is 19.8 Å². The fourth-order valence-electron chi connectivity index (χ4n) is 2.41. The van der Waals surface area contributed by atoms with Crippen LogP contribution in [0.4, 0.5) is 0 Å². The van der Waals surface area contributed by atoms with Gasteiger partial charge in [-0.15, -0.1) is 11.3 Å². The lowest BCUT2D eigenvalue weighted by Gasteiger charge is -2.21. The summed E-state index contributed by atoms with van der Waals surface area (Å²) in [5.74, 6) is 0.986. The van der Waals surface area contributed by atoms with Gasteiger partial charge in [-0.05, 0) is 54.5 Å². The van der Waals surface area contributed by atoms with Gasteiger partial charge in [0.05, 0.1) is 6.04 Å². The van der Waals surface area contributed by atoms with E-state index in [1.165, 1.54) is 4.88 Å². The summed E-state index contributed by atoms with van der Waals surface area (Å²) in [6, 6.07) is 10.1. The Morgan fingerprint density at radius 1 is 1.23 bits per heavy atom. The average molecular weight is 317 g/mol. The number of benzene rings is 1. The Kier molecular flexibility index (Phi) is 5.61. The molecule has 0 unspecified atom stereocenters. The van der Waals surface area contributed by atoms with Gasteiger partial charge in [0.25, 0.3) is 5.91 Å². The van der Waals surface area contributed by atoms with Crippen molar-refractivity contribution in [3.63, 3.8) is 0 Å². The van der Waals surface area contributed by atoms with E-state index in [9.17, 15) is 4.79 Å². The molecule has 0 radical (unpaired) electrons. The first-order chi connectivity index (χ1) is 10.5. The van der Waals surface area contributed by atoms with E-state index in [2.05, 4.69) is 31.3 Å². The lowest BCUT2D eigenvalue weighted by Crippen LogP contribution is -2.34. The number of thiophene rings is 1. The number of carbonyl (C=O) groups is 1. The first kappa shape index (κ1) is 16.6. The van der Waals surface area contributed by atoms with Crippen LogP contribution < -0.4 is 10.1 Å². The zero-order valence-electron chi connectivity index (χ0n) is 13.6. The van der Waals surface area contributed by atoms with Crippen LogP contribution in [0.1, 0.15) is 35.9 Å². The number of hydrogen-bond donors (Lipinski definition) is 1. The largest absolute Gasteiger partial charge is 0.484 e. The van der Waals surface area contributed by atoms with Crippen LogP contribution in [0.3, 0.4) is 0 Å². The Hall–Kier alpha value is -1.81. The van der Waals surface area contributed by atoms with Crippen molar-refractivity contribution < 1.29 is 9.53 Å². The van der Waals surface area contributed by atoms with Gasteiger partial charge in [0.1, 0.15) is 5.75 Å². The molecule has 0 saturated carbocycles. The Balaban J connectivity index is 1.94. The molecule has 0 fully saturated rings. The topological polar surface area (TPSA) is 38.3 Å². The molecule has 1 heterocycles. The van der Waals surface area contributed by atoms with E-state index in [4.69, 9.17) is 4.74 Å². The lowest BCUT2D eigenvalue weighted by molar-refractivity contribution is -0.124. The van der Waals surface area contributed by atoms with Gasteiger partial charge in [-0.25, -0.2) is 0 Å². The zero-order valence-corrected chi connectivity index (χ0v) is 14.4. The maximum Gasteiger partial charge on any atom is 0.258 e. The Labute approximate surface area is 136 Å². The highest BCUT2D eigenvalue weighted by Crippen LogP contribution is 2.25. The maximum atomic E-state index is 12.2. The van der Waals surface area contributed by atoms with E-state index in [-0.39, 0.29) is 18.6 Å². The Morgan fingerprint density at radius 2 is 1.91 bits per heavy atom. The smallest absolute Gasteiger partial charge is 0.258 e. The first-order valence-corrected chi connectivity index (χ1v) is 8.37. The molecular weight excluding hydrogens is 294 g/mol. The molecule has 2 aromatic rings. The van der Waals surface area contributed by atoms with Gasteiger partial charge in [0, 0.05) is 4.88 Å². The summed E-state index contributed by atoms with van der Waals surface area (Å²) >= 11 is 1.66. The minimum atomic E-state index is -0.0914. The lowest BCUT2D eigenvalue weighted by atomic mass is 10.0. The van der Waals surface area contributed by atoms with Crippen LogP contribution in [0.25, 0.3) is 0 Å². The van der Waals surface area contributed by atoms with E-state index in [0.717, 1.165) is 16.9 Å². The van der Waals surface area contributed by atoms with Gasteiger partial charge in [0.2, 0.25) is 0 Å². The van der Waals surface area contributed by atoms with Crippen molar-refractivity contribution >= 4 is 17.2 Å². The SMILES string of the molecule is Cc1cc(C)cc(OCC(=O)N[C@H](c2cccs2)C(C)C)c1. The van der Waals surface area contributed by atoms with Crippen molar-refractivity contribution in [2.75, 3.05) is 6.61 Å². The summed E-state index contributed by atoms with van der Waals surface area (Å²) in [6.07, 6.45) is 0. The second-order valence-electron chi connectivity index (χ2n) is 5.92. The highest BCUT2D eigenvalue weighted by atomic mass is 32.1. The number of nitrogens with one attached hydrogen (secondary N) is 1. The number of rotatable bonds is 6. The maximum absolute atomic E-state index is 12.2. The zero-order chi connectivity index (χ0) is 16.1. The molecule has 1 aromatic carbocycles. The van der Waals surface area contributed by atoms with E-state index >= 15 is 0 Å². The quantitative estimate of drug-likeness (QED) is 0.864. The minimum absolute atomic E-state index is 0.0374. The summed E-state index contributed by atoms with van der Waals surface area (Å²) in [6.45, 7) is 8.29. The molecule has 1 N–H and O–H groups in total. The minimum Gasteiger partial charge on any atom is -0.484 e. The van der Waals surface area contributed by atoms with Crippen molar-refractivity contribution in [3.8, 4) is 5.75 Å². The van der Waals surface area contributed by atoms with Crippen molar-refractivity contribution in [1.29, 1.82) is 0 Å². The number of aryl methyl sites for hydroxylation is 2.